The van der Waals surface area contributed by atoms with Gasteiger partial charge in [0.1, 0.15) is 10.3 Å². The van der Waals surface area contributed by atoms with Crippen LogP contribution in [0.3, 0.4) is 0 Å². The van der Waals surface area contributed by atoms with Gasteiger partial charge in [-0.05, 0) is 31.5 Å². The molecule has 1 aromatic heterocycles. The van der Waals surface area contributed by atoms with Gasteiger partial charge in [-0.3, -0.25) is 0 Å². The standard InChI is InChI=1S/C14H14Cl2N2O2/c1-3-9-12(15)17-14(18-13(9)16)8-5-6-10(19)11(7-8)20-4-2/h5-7,19H,3-4H2,1-2H3. The van der Waals surface area contributed by atoms with Crippen molar-refractivity contribution in [3.63, 3.8) is 0 Å². The van der Waals surface area contributed by atoms with Crippen LogP contribution in [-0.2, 0) is 6.42 Å². The summed E-state index contributed by atoms with van der Waals surface area (Å²) in [6.07, 6.45) is 0.664. The second-order valence-electron chi connectivity index (χ2n) is 4.08. The fourth-order valence-electron chi connectivity index (χ4n) is 1.78. The molecule has 1 N–H and O–H groups in total. The van der Waals surface area contributed by atoms with Crippen molar-refractivity contribution in [3.05, 3.63) is 34.1 Å². The minimum atomic E-state index is 0.0676. The molecule has 0 fully saturated rings. The first-order chi connectivity index (χ1) is 9.56. The van der Waals surface area contributed by atoms with Gasteiger partial charge in [-0.25, -0.2) is 9.97 Å². The third-order valence-electron chi connectivity index (χ3n) is 2.78. The Morgan fingerprint density at radius 1 is 1.15 bits per heavy atom. The Balaban J connectivity index is 2.49. The van der Waals surface area contributed by atoms with Crippen molar-refractivity contribution in [2.75, 3.05) is 6.61 Å². The Bertz CT molecular complexity index is 610. The number of hydrogen-bond donors (Lipinski definition) is 1. The fourth-order valence-corrected chi connectivity index (χ4v) is 2.43. The van der Waals surface area contributed by atoms with Crippen LogP contribution in [0, 0.1) is 0 Å². The number of benzene rings is 1. The maximum Gasteiger partial charge on any atom is 0.162 e. The molecule has 2 rings (SSSR count). The van der Waals surface area contributed by atoms with Crippen molar-refractivity contribution >= 4 is 23.2 Å². The fraction of sp³-hybridized carbons (Fsp3) is 0.286. The molecule has 106 valence electrons. The predicted molar refractivity (Wildman–Crippen MR) is 79.7 cm³/mol. The highest BCUT2D eigenvalue weighted by Gasteiger charge is 2.13. The van der Waals surface area contributed by atoms with Crippen LogP contribution in [0.2, 0.25) is 10.3 Å². The first kappa shape index (κ1) is 14.9. The summed E-state index contributed by atoms with van der Waals surface area (Å²) in [6, 6.07) is 4.87. The maximum absolute atomic E-state index is 9.69. The van der Waals surface area contributed by atoms with E-state index in [1.807, 2.05) is 13.8 Å². The number of aromatic hydroxyl groups is 1. The van der Waals surface area contributed by atoms with Gasteiger partial charge in [-0.1, -0.05) is 30.1 Å². The average Bonchev–Trinajstić information content (AvgIpc) is 2.41. The normalized spacial score (nSPS) is 10.6. The first-order valence-electron chi connectivity index (χ1n) is 6.24. The van der Waals surface area contributed by atoms with Gasteiger partial charge in [-0.15, -0.1) is 0 Å². The third-order valence-corrected chi connectivity index (χ3v) is 3.40. The van der Waals surface area contributed by atoms with E-state index in [1.165, 1.54) is 6.07 Å². The van der Waals surface area contributed by atoms with Crippen LogP contribution >= 0.6 is 23.2 Å². The van der Waals surface area contributed by atoms with Gasteiger partial charge in [-0.2, -0.15) is 0 Å². The quantitative estimate of drug-likeness (QED) is 0.863. The topological polar surface area (TPSA) is 55.2 Å². The molecule has 1 heterocycles. The molecule has 1 aromatic carbocycles. The lowest BCUT2D eigenvalue weighted by Gasteiger charge is -2.09. The molecule has 20 heavy (non-hydrogen) atoms. The van der Waals surface area contributed by atoms with Crippen molar-refractivity contribution in [3.8, 4) is 22.9 Å². The molecule has 0 atom stereocenters. The monoisotopic (exact) mass is 312 g/mol. The summed E-state index contributed by atoms with van der Waals surface area (Å²) in [5.74, 6) is 0.844. The number of phenols is 1. The van der Waals surface area contributed by atoms with E-state index in [2.05, 4.69) is 9.97 Å². The SMILES string of the molecule is CCOc1cc(-c2nc(Cl)c(CC)c(Cl)n2)ccc1O. The van der Waals surface area contributed by atoms with E-state index >= 15 is 0 Å². The predicted octanol–water partition coefficient (Wildman–Crippen LogP) is 4.12. The van der Waals surface area contributed by atoms with Crippen molar-refractivity contribution in [1.82, 2.24) is 9.97 Å². The molecule has 0 saturated heterocycles. The summed E-state index contributed by atoms with van der Waals surface area (Å²) in [6.45, 7) is 4.23. The summed E-state index contributed by atoms with van der Waals surface area (Å²) < 4.78 is 5.33. The molecular weight excluding hydrogens is 299 g/mol. The molecular formula is C14H14Cl2N2O2. The zero-order chi connectivity index (χ0) is 14.7. The third kappa shape index (κ3) is 2.97. The van der Waals surface area contributed by atoms with Gasteiger partial charge in [0.05, 0.1) is 6.61 Å². The van der Waals surface area contributed by atoms with E-state index in [-0.39, 0.29) is 5.75 Å². The lowest BCUT2D eigenvalue weighted by atomic mass is 10.2. The highest BCUT2D eigenvalue weighted by molar-refractivity contribution is 6.34. The summed E-state index contributed by atoms with van der Waals surface area (Å²) >= 11 is 12.2. The molecule has 4 nitrogen and oxygen atoms in total. The lowest BCUT2D eigenvalue weighted by Crippen LogP contribution is -1.97. The molecule has 6 heteroatoms. The van der Waals surface area contributed by atoms with Crippen LogP contribution in [0.4, 0.5) is 0 Å². The molecule has 0 aliphatic heterocycles. The van der Waals surface area contributed by atoms with Gasteiger partial charge in [0.2, 0.25) is 0 Å². The van der Waals surface area contributed by atoms with E-state index in [0.717, 1.165) is 5.56 Å². The number of halogens is 2. The average molecular weight is 313 g/mol. The van der Waals surface area contributed by atoms with Crippen LogP contribution in [0.25, 0.3) is 11.4 Å². The molecule has 0 bridgehead atoms. The number of ether oxygens (including phenoxy) is 1. The zero-order valence-electron chi connectivity index (χ0n) is 11.2. The van der Waals surface area contributed by atoms with E-state index < -0.39 is 0 Å². The Labute approximate surface area is 127 Å². The minimum absolute atomic E-state index is 0.0676. The lowest BCUT2D eigenvalue weighted by molar-refractivity contribution is 0.318. The van der Waals surface area contributed by atoms with Crippen molar-refractivity contribution in [1.29, 1.82) is 0 Å². The van der Waals surface area contributed by atoms with E-state index in [0.29, 0.717) is 40.5 Å². The number of rotatable bonds is 4. The second kappa shape index (κ2) is 6.29. The molecule has 0 radical (unpaired) electrons. The second-order valence-corrected chi connectivity index (χ2v) is 4.79. The van der Waals surface area contributed by atoms with Crippen LogP contribution in [-0.4, -0.2) is 21.7 Å². The molecule has 0 spiro atoms. The van der Waals surface area contributed by atoms with Gasteiger partial charge in [0.15, 0.2) is 17.3 Å². The number of hydrogen-bond acceptors (Lipinski definition) is 4. The van der Waals surface area contributed by atoms with Gasteiger partial charge < -0.3 is 9.84 Å². The maximum atomic E-state index is 9.69. The molecule has 2 aromatic rings. The van der Waals surface area contributed by atoms with E-state index in [9.17, 15) is 5.11 Å². The Morgan fingerprint density at radius 2 is 1.80 bits per heavy atom. The largest absolute Gasteiger partial charge is 0.504 e. The highest BCUT2D eigenvalue weighted by Crippen LogP contribution is 2.32. The summed E-state index contributed by atoms with van der Waals surface area (Å²) in [4.78, 5) is 8.48. The van der Waals surface area contributed by atoms with Crippen LogP contribution in [0.1, 0.15) is 19.4 Å². The molecule has 0 aliphatic carbocycles. The summed E-state index contributed by atoms with van der Waals surface area (Å²) in [5.41, 5.74) is 1.40. The Hall–Kier alpha value is -1.52. The number of aromatic nitrogens is 2. The van der Waals surface area contributed by atoms with Crippen molar-refractivity contribution in [2.45, 2.75) is 20.3 Å². The highest BCUT2D eigenvalue weighted by atomic mass is 35.5. The van der Waals surface area contributed by atoms with Gasteiger partial charge >= 0.3 is 0 Å². The summed E-state index contributed by atoms with van der Waals surface area (Å²) in [7, 11) is 0. The van der Waals surface area contributed by atoms with Crippen LogP contribution in [0.15, 0.2) is 18.2 Å². The van der Waals surface area contributed by atoms with Gasteiger partial charge in [0, 0.05) is 11.1 Å². The van der Waals surface area contributed by atoms with Gasteiger partial charge in [0.25, 0.3) is 0 Å². The first-order valence-corrected chi connectivity index (χ1v) is 7.00. The van der Waals surface area contributed by atoms with E-state index in [1.54, 1.807) is 12.1 Å². The number of phenolic OH excluding ortho intramolecular Hbond substituents is 1. The van der Waals surface area contributed by atoms with Crippen molar-refractivity contribution in [2.24, 2.45) is 0 Å². The van der Waals surface area contributed by atoms with Crippen LogP contribution in [0.5, 0.6) is 11.5 Å². The number of nitrogens with zero attached hydrogens (tertiary/aromatic N) is 2. The molecule has 0 unspecified atom stereocenters. The van der Waals surface area contributed by atoms with Crippen molar-refractivity contribution < 1.29 is 9.84 Å². The molecule has 0 amide bonds. The minimum Gasteiger partial charge on any atom is -0.504 e. The van der Waals surface area contributed by atoms with Crippen LogP contribution < -0.4 is 4.74 Å². The molecule has 0 aliphatic rings. The Morgan fingerprint density at radius 3 is 2.35 bits per heavy atom. The summed E-state index contributed by atoms with van der Waals surface area (Å²) in [5, 5.41) is 10.4. The molecule has 0 saturated carbocycles. The van der Waals surface area contributed by atoms with E-state index in [4.69, 9.17) is 27.9 Å². The smallest absolute Gasteiger partial charge is 0.162 e. The zero-order valence-corrected chi connectivity index (χ0v) is 12.7. The Kier molecular flexibility index (Phi) is 4.68.